The van der Waals surface area contributed by atoms with Gasteiger partial charge in [0.25, 0.3) is 0 Å². The number of hydrogen-bond donors (Lipinski definition) is 1. The molecule has 18 heavy (non-hydrogen) atoms. The Labute approximate surface area is 108 Å². The van der Waals surface area contributed by atoms with Crippen LogP contribution in [0, 0.1) is 0 Å². The van der Waals surface area contributed by atoms with Crippen LogP contribution >= 0.6 is 0 Å². The molecule has 1 aromatic heterocycles. The molecule has 1 unspecified atom stereocenters. The minimum Gasteiger partial charge on any atom is -0.378 e. The van der Waals surface area contributed by atoms with Crippen LogP contribution < -0.4 is 5.32 Å². The fourth-order valence-electron chi connectivity index (χ4n) is 2.95. The summed E-state index contributed by atoms with van der Waals surface area (Å²) in [5.74, 6) is 1.99. The van der Waals surface area contributed by atoms with E-state index in [2.05, 4.69) is 10.3 Å². The summed E-state index contributed by atoms with van der Waals surface area (Å²) in [6.07, 6.45) is 8.25. The van der Waals surface area contributed by atoms with Crippen molar-refractivity contribution in [3.8, 4) is 0 Å². The summed E-state index contributed by atoms with van der Waals surface area (Å²) in [6.45, 7) is 0.897. The molecule has 2 aliphatic rings. The first kappa shape index (κ1) is 11.9. The molecule has 3 rings (SSSR count). The van der Waals surface area contributed by atoms with Crippen molar-refractivity contribution in [1.29, 1.82) is 0 Å². The number of anilines is 1. The Kier molecular flexibility index (Phi) is 3.46. The molecule has 0 bridgehead atoms. The van der Waals surface area contributed by atoms with Gasteiger partial charge in [-0.2, -0.15) is 0 Å². The van der Waals surface area contributed by atoms with E-state index < -0.39 is 0 Å². The Morgan fingerprint density at radius 2 is 2.11 bits per heavy atom. The van der Waals surface area contributed by atoms with E-state index in [1.807, 2.05) is 7.05 Å². The van der Waals surface area contributed by atoms with E-state index in [-0.39, 0.29) is 0 Å². The molecule has 4 heteroatoms. The van der Waals surface area contributed by atoms with Crippen molar-refractivity contribution >= 4 is 5.82 Å². The van der Waals surface area contributed by atoms with Crippen LogP contribution in [0.2, 0.25) is 0 Å². The van der Waals surface area contributed by atoms with Gasteiger partial charge in [0.15, 0.2) is 0 Å². The molecule has 1 atom stereocenters. The standard InChI is InChI=1S/C14H21N3O/c1-15-14-11-6-2-3-7-12(11)16-13(17-14)9-10-5-4-8-18-10/h10H,2-9H2,1H3,(H,15,16,17). The summed E-state index contributed by atoms with van der Waals surface area (Å²) in [5, 5.41) is 3.23. The predicted molar refractivity (Wildman–Crippen MR) is 70.9 cm³/mol. The highest BCUT2D eigenvalue weighted by atomic mass is 16.5. The van der Waals surface area contributed by atoms with E-state index in [0.29, 0.717) is 6.10 Å². The molecule has 98 valence electrons. The van der Waals surface area contributed by atoms with Crippen LogP contribution in [0.1, 0.15) is 42.8 Å². The van der Waals surface area contributed by atoms with E-state index in [1.165, 1.54) is 30.5 Å². The maximum absolute atomic E-state index is 5.67. The Morgan fingerprint density at radius 3 is 2.89 bits per heavy atom. The topological polar surface area (TPSA) is 47.0 Å². The number of rotatable bonds is 3. The lowest BCUT2D eigenvalue weighted by Crippen LogP contribution is -2.17. The zero-order chi connectivity index (χ0) is 12.4. The number of aryl methyl sites for hydroxylation is 1. The number of nitrogens with zero attached hydrogens (tertiary/aromatic N) is 2. The molecule has 1 N–H and O–H groups in total. The monoisotopic (exact) mass is 247 g/mol. The Balaban J connectivity index is 1.85. The highest BCUT2D eigenvalue weighted by molar-refractivity contribution is 5.47. The van der Waals surface area contributed by atoms with Crippen LogP contribution in [0.15, 0.2) is 0 Å². The predicted octanol–water partition coefficient (Wildman–Crippen LogP) is 2.12. The lowest BCUT2D eigenvalue weighted by atomic mass is 9.96. The summed E-state index contributed by atoms with van der Waals surface area (Å²) in [7, 11) is 1.95. The van der Waals surface area contributed by atoms with Crippen LogP contribution in [0.3, 0.4) is 0 Å². The SMILES string of the molecule is CNc1nc(CC2CCCO2)nc2c1CCCC2. The molecular weight excluding hydrogens is 226 g/mol. The van der Waals surface area contributed by atoms with Crippen molar-refractivity contribution in [3.63, 3.8) is 0 Å². The molecule has 2 heterocycles. The summed E-state index contributed by atoms with van der Waals surface area (Å²) in [6, 6.07) is 0. The van der Waals surface area contributed by atoms with Gasteiger partial charge in [-0.25, -0.2) is 9.97 Å². The molecule has 0 amide bonds. The first-order valence-corrected chi connectivity index (χ1v) is 7.05. The van der Waals surface area contributed by atoms with Gasteiger partial charge in [-0.05, 0) is 38.5 Å². The zero-order valence-corrected chi connectivity index (χ0v) is 11.0. The van der Waals surface area contributed by atoms with Gasteiger partial charge < -0.3 is 10.1 Å². The first-order valence-electron chi connectivity index (χ1n) is 7.05. The molecule has 1 saturated heterocycles. The highest BCUT2D eigenvalue weighted by Gasteiger charge is 2.21. The molecule has 4 nitrogen and oxygen atoms in total. The van der Waals surface area contributed by atoms with Crippen molar-refractivity contribution < 1.29 is 4.74 Å². The number of hydrogen-bond acceptors (Lipinski definition) is 4. The smallest absolute Gasteiger partial charge is 0.133 e. The van der Waals surface area contributed by atoms with Crippen LogP contribution in [0.5, 0.6) is 0 Å². The average molecular weight is 247 g/mol. The quantitative estimate of drug-likeness (QED) is 0.888. The lowest BCUT2D eigenvalue weighted by Gasteiger charge is -2.19. The van der Waals surface area contributed by atoms with Crippen molar-refractivity contribution in [2.45, 2.75) is 51.0 Å². The van der Waals surface area contributed by atoms with Gasteiger partial charge in [0.2, 0.25) is 0 Å². The summed E-state index contributed by atoms with van der Waals surface area (Å²) >= 11 is 0. The molecule has 0 saturated carbocycles. The molecule has 1 fully saturated rings. The molecular formula is C14H21N3O. The van der Waals surface area contributed by atoms with E-state index in [9.17, 15) is 0 Å². The summed E-state index contributed by atoms with van der Waals surface area (Å²) in [5.41, 5.74) is 2.59. The van der Waals surface area contributed by atoms with E-state index >= 15 is 0 Å². The Bertz CT molecular complexity index is 410. The lowest BCUT2D eigenvalue weighted by molar-refractivity contribution is 0.110. The summed E-state index contributed by atoms with van der Waals surface area (Å²) in [4.78, 5) is 9.42. The van der Waals surface area contributed by atoms with Crippen LogP contribution in [0.4, 0.5) is 5.82 Å². The minimum atomic E-state index is 0.330. The highest BCUT2D eigenvalue weighted by Crippen LogP contribution is 2.26. The number of aromatic nitrogens is 2. The third-order valence-corrected chi connectivity index (χ3v) is 3.90. The van der Waals surface area contributed by atoms with Crippen LogP contribution in [-0.4, -0.2) is 29.7 Å². The number of nitrogens with one attached hydrogen (secondary N) is 1. The number of ether oxygens (including phenoxy) is 1. The van der Waals surface area contributed by atoms with Crippen molar-refractivity contribution in [2.24, 2.45) is 0 Å². The van der Waals surface area contributed by atoms with Crippen LogP contribution in [0.25, 0.3) is 0 Å². The molecule has 1 aromatic rings. The van der Waals surface area contributed by atoms with Crippen molar-refractivity contribution in [3.05, 3.63) is 17.1 Å². The molecule has 0 aromatic carbocycles. The maximum Gasteiger partial charge on any atom is 0.133 e. The largest absolute Gasteiger partial charge is 0.378 e. The molecule has 1 aliphatic heterocycles. The van der Waals surface area contributed by atoms with Gasteiger partial charge >= 0.3 is 0 Å². The second-order valence-corrected chi connectivity index (χ2v) is 5.21. The zero-order valence-electron chi connectivity index (χ0n) is 11.0. The van der Waals surface area contributed by atoms with Gasteiger partial charge in [0.1, 0.15) is 11.6 Å². The summed E-state index contributed by atoms with van der Waals surface area (Å²) < 4.78 is 5.67. The van der Waals surface area contributed by atoms with E-state index in [0.717, 1.165) is 43.9 Å². The maximum atomic E-state index is 5.67. The van der Waals surface area contributed by atoms with Gasteiger partial charge in [-0.15, -0.1) is 0 Å². The molecule has 0 spiro atoms. The Hall–Kier alpha value is -1.16. The van der Waals surface area contributed by atoms with E-state index in [4.69, 9.17) is 9.72 Å². The van der Waals surface area contributed by atoms with Crippen molar-refractivity contribution in [2.75, 3.05) is 19.0 Å². The molecule has 0 radical (unpaired) electrons. The normalized spacial score (nSPS) is 22.8. The first-order chi connectivity index (χ1) is 8.86. The second-order valence-electron chi connectivity index (χ2n) is 5.21. The van der Waals surface area contributed by atoms with Gasteiger partial charge in [-0.3, -0.25) is 0 Å². The van der Waals surface area contributed by atoms with Crippen molar-refractivity contribution in [1.82, 2.24) is 9.97 Å². The van der Waals surface area contributed by atoms with Gasteiger partial charge in [0.05, 0.1) is 6.10 Å². The van der Waals surface area contributed by atoms with E-state index in [1.54, 1.807) is 0 Å². The number of fused-ring (bicyclic) bond motifs is 1. The van der Waals surface area contributed by atoms with Gasteiger partial charge in [0, 0.05) is 31.3 Å². The Morgan fingerprint density at radius 1 is 1.22 bits per heavy atom. The fourth-order valence-corrected chi connectivity index (χ4v) is 2.95. The third-order valence-electron chi connectivity index (χ3n) is 3.90. The average Bonchev–Trinajstić information content (AvgIpc) is 2.90. The molecule has 1 aliphatic carbocycles. The second kappa shape index (κ2) is 5.22. The fraction of sp³-hybridized carbons (Fsp3) is 0.714. The third kappa shape index (κ3) is 2.34. The van der Waals surface area contributed by atoms with Crippen LogP contribution in [-0.2, 0) is 24.0 Å². The minimum absolute atomic E-state index is 0.330. The van der Waals surface area contributed by atoms with Gasteiger partial charge in [-0.1, -0.05) is 0 Å².